The Morgan fingerprint density at radius 2 is 1.95 bits per heavy atom. The molecule has 1 fully saturated rings. The van der Waals surface area contributed by atoms with E-state index >= 15 is 0 Å². The maximum absolute atomic E-state index is 12.1. The number of likely N-dealkylation sites (tertiary alicyclic amines) is 1. The van der Waals surface area contributed by atoms with Crippen molar-refractivity contribution < 1.29 is 4.79 Å². The molecule has 0 spiro atoms. The Bertz CT molecular complexity index is 464. The molecule has 21 heavy (non-hydrogen) atoms. The maximum atomic E-state index is 12.1. The summed E-state index contributed by atoms with van der Waals surface area (Å²) in [4.78, 5) is 14.7. The topological polar surface area (TPSA) is 32.3 Å². The molecule has 3 nitrogen and oxygen atoms in total. The summed E-state index contributed by atoms with van der Waals surface area (Å²) < 4.78 is 0. The highest BCUT2D eigenvalue weighted by Crippen LogP contribution is 2.16. The number of piperidine rings is 1. The van der Waals surface area contributed by atoms with Gasteiger partial charge in [-0.1, -0.05) is 23.6 Å². The van der Waals surface area contributed by atoms with Crippen LogP contribution in [-0.2, 0) is 0 Å². The summed E-state index contributed by atoms with van der Waals surface area (Å²) in [7, 11) is 0. The number of nitrogens with one attached hydrogen (secondary N) is 1. The number of rotatable bonds is 5. The van der Waals surface area contributed by atoms with Crippen molar-refractivity contribution in [2.75, 3.05) is 19.6 Å². The number of carbonyl (C=O) groups is 1. The summed E-state index contributed by atoms with van der Waals surface area (Å²) in [5.41, 5.74) is 3.06. The van der Waals surface area contributed by atoms with Crippen molar-refractivity contribution >= 4 is 5.91 Å². The molecule has 0 saturated carbocycles. The van der Waals surface area contributed by atoms with Crippen LogP contribution in [0.25, 0.3) is 0 Å². The molecular weight excluding hydrogens is 260 g/mol. The lowest BCUT2D eigenvalue weighted by Gasteiger charge is -2.33. The van der Waals surface area contributed by atoms with Gasteiger partial charge in [0.2, 0.25) is 0 Å². The van der Waals surface area contributed by atoms with Crippen molar-refractivity contribution in [1.29, 1.82) is 0 Å². The minimum absolute atomic E-state index is 0.0495. The fourth-order valence-electron chi connectivity index (χ4n) is 3.18. The van der Waals surface area contributed by atoms with Gasteiger partial charge in [-0.3, -0.25) is 4.79 Å². The van der Waals surface area contributed by atoms with Gasteiger partial charge in [-0.05, 0) is 58.7 Å². The van der Waals surface area contributed by atoms with Crippen molar-refractivity contribution in [2.45, 2.75) is 52.5 Å². The average Bonchev–Trinajstić information content (AvgIpc) is 2.44. The number of nitrogens with zero attached hydrogens (tertiary/aromatic N) is 1. The maximum Gasteiger partial charge on any atom is 0.251 e. The van der Waals surface area contributed by atoms with Crippen LogP contribution in [0.5, 0.6) is 0 Å². The van der Waals surface area contributed by atoms with E-state index in [1.54, 1.807) is 0 Å². The van der Waals surface area contributed by atoms with E-state index in [1.807, 2.05) is 26.0 Å². The molecular formula is C18H28N2O. The highest BCUT2D eigenvalue weighted by molar-refractivity contribution is 5.94. The quantitative estimate of drug-likeness (QED) is 0.843. The molecule has 2 rings (SSSR count). The molecule has 1 aliphatic heterocycles. The first-order chi connectivity index (χ1) is 10.1. The molecule has 0 aliphatic carbocycles. The van der Waals surface area contributed by atoms with Gasteiger partial charge in [0, 0.05) is 24.7 Å². The summed E-state index contributed by atoms with van der Waals surface area (Å²) in [6.07, 6.45) is 5.02. The Balaban J connectivity index is 1.74. The molecule has 0 radical (unpaired) electrons. The van der Waals surface area contributed by atoms with Crippen molar-refractivity contribution in [3.8, 4) is 0 Å². The summed E-state index contributed by atoms with van der Waals surface area (Å²) in [6, 6.07) is 6.70. The number of amides is 1. The molecule has 1 unspecified atom stereocenters. The molecule has 0 bridgehead atoms. The number of hydrogen-bond donors (Lipinski definition) is 1. The average molecular weight is 288 g/mol. The highest BCUT2D eigenvalue weighted by Gasteiger charge is 2.17. The predicted octanol–water partition coefficient (Wildman–Crippen LogP) is 3.30. The van der Waals surface area contributed by atoms with Gasteiger partial charge in [-0.2, -0.15) is 0 Å². The first kappa shape index (κ1) is 16.0. The molecule has 1 atom stereocenters. The van der Waals surface area contributed by atoms with E-state index in [0.717, 1.165) is 36.2 Å². The third kappa shape index (κ3) is 4.85. The van der Waals surface area contributed by atoms with Crippen LogP contribution in [0.1, 0.15) is 54.1 Å². The molecule has 1 N–H and O–H groups in total. The Morgan fingerprint density at radius 1 is 1.24 bits per heavy atom. The summed E-state index contributed by atoms with van der Waals surface area (Å²) in [5, 5.41) is 3.04. The predicted molar refractivity (Wildman–Crippen MR) is 87.8 cm³/mol. The first-order valence-electron chi connectivity index (χ1n) is 8.17. The van der Waals surface area contributed by atoms with E-state index in [0.29, 0.717) is 6.04 Å². The smallest absolute Gasteiger partial charge is 0.251 e. The van der Waals surface area contributed by atoms with Gasteiger partial charge in [-0.25, -0.2) is 0 Å². The van der Waals surface area contributed by atoms with Crippen molar-refractivity contribution in [2.24, 2.45) is 0 Å². The second kappa shape index (κ2) is 7.60. The van der Waals surface area contributed by atoms with Crippen LogP contribution < -0.4 is 5.32 Å². The molecule has 116 valence electrons. The van der Waals surface area contributed by atoms with Crippen molar-refractivity contribution in [3.05, 3.63) is 34.9 Å². The molecule has 3 heteroatoms. The summed E-state index contributed by atoms with van der Waals surface area (Å²) in [6.45, 7) is 9.44. The van der Waals surface area contributed by atoms with Gasteiger partial charge in [-0.15, -0.1) is 0 Å². The monoisotopic (exact) mass is 288 g/mol. The van der Waals surface area contributed by atoms with Gasteiger partial charge in [0.15, 0.2) is 0 Å². The number of carbonyl (C=O) groups excluding carboxylic acids is 1. The van der Waals surface area contributed by atoms with E-state index in [-0.39, 0.29) is 5.91 Å². The normalized spacial score (nSPS) is 19.5. The van der Waals surface area contributed by atoms with Crippen molar-refractivity contribution in [1.82, 2.24) is 10.2 Å². The van der Waals surface area contributed by atoms with Crippen LogP contribution in [0.2, 0.25) is 0 Å². The van der Waals surface area contributed by atoms with E-state index in [9.17, 15) is 4.79 Å². The number of benzene rings is 1. The third-order valence-electron chi connectivity index (χ3n) is 4.33. The van der Waals surface area contributed by atoms with Gasteiger partial charge in [0.05, 0.1) is 0 Å². The van der Waals surface area contributed by atoms with Gasteiger partial charge in [0.25, 0.3) is 5.91 Å². The lowest BCUT2D eigenvalue weighted by atomic mass is 10.0. The van der Waals surface area contributed by atoms with E-state index in [1.165, 1.54) is 25.8 Å². The number of aryl methyl sites for hydroxylation is 2. The fraction of sp³-hybridized carbons (Fsp3) is 0.611. The van der Waals surface area contributed by atoms with Crippen molar-refractivity contribution in [3.63, 3.8) is 0 Å². The van der Waals surface area contributed by atoms with Gasteiger partial charge >= 0.3 is 0 Å². The van der Waals surface area contributed by atoms with E-state index < -0.39 is 0 Å². The zero-order valence-corrected chi connectivity index (χ0v) is 13.6. The Hall–Kier alpha value is -1.35. The molecule has 1 saturated heterocycles. The lowest BCUT2D eigenvalue weighted by molar-refractivity contribution is 0.0948. The number of hydrogen-bond acceptors (Lipinski definition) is 2. The van der Waals surface area contributed by atoms with E-state index in [4.69, 9.17) is 0 Å². The fourth-order valence-corrected chi connectivity index (χ4v) is 3.18. The van der Waals surface area contributed by atoms with Gasteiger partial charge in [0.1, 0.15) is 0 Å². The van der Waals surface area contributed by atoms with Crippen LogP contribution in [-0.4, -0.2) is 36.5 Å². The molecule has 1 heterocycles. The Labute approximate surface area is 128 Å². The van der Waals surface area contributed by atoms with Crippen LogP contribution in [0.3, 0.4) is 0 Å². The van der Waals surface area contributed by atoms with Crippen LogP contribution in [0, 0.1) is 13.8 Å². The molecule has 0 aromatic heterocycles. The zero-order chi connectivity index (χ0) is 15.2. The highest BCUT2D eigenvalue weighted by atomic mass is 16.1. The largest absolute Gasteiger partial charge is 0.352 e. The van der Waals surface area contributed by atoms with Crippen LogP contribution in [0.4, 0.5) is 0 Å². The molecule has 1 aromatic rings. The van der Waals surface area contributed by atoms with Crippen LogP contribution in [0.15, 0.2) is 18.2 Å². The first-order valence-corrected chi connectivity index (χ1v) is 8.17. The van der Waals surface area contributed by atoms with Crippen LogP contribution >= 0.6 is 0 Å². The van der Waals surface area contributed by atoms with Gasteiger partial charge < -0.3 is 10.2 Å². The minimum atomic E-state index is 0.0495. The summed E-state index contributed by atoms with van der Waals surface area (Å²) in [5.74, 6) is 0.0495. The molecule has 1 aliphatic rings. The third-order valence-corrected chi connectivity index (χ3v) is 4.33. The minimum Gasteiger partial charge on any atom is -0.352 e. The van der Waals surface area contributed by atoms with E-state index in [2.05, 4.69) is 23.2 Å². The second-order valence-electron chi connectivity index (χ2n) is 6.37. The second-order valence-corrected chi connectivity index (χ2v) is 6.37. The Kier molecular flexibility index (Phi) is 5.80. The lowest BCUT2D eigenvalue weighted by Crippen LogP contribution is -2.39. The zero-order valence-electron chi connectivity index (χ0n) is 13.6. The SMILES string of the molecule is Cc1cc(C)cc(C(=O)NCCCN2CCCCC2C)c1. The summed E-state index contributed by atoms with van der Waals surface area (Å²) >= 11 is 0. The Morgan fingerprint density at radius 3 is 2.62 bits per heavy atom. The standard InChI is InChI=1S/C18H28N2O/c1-14-11-15(2)13-17(12-14)18(21)19-8-6-10-20-9-5-4-7-16(20)3/h11-13,16H,4-10H2,1-3H3,(H,19,21). The molecule has 1 aromatic carbocycles. The molecule has 1 amide bonds.